The van der Waals surface area contributed by atoms with Crippen molar-refractivity contribution >= 4 is 0 Å². The molecule has 2 rings (SSSR count). The Bertz CT molecular complexity index is 351. The highest BCUT2D eigenvalue weighted by atomic mass is 16.5. The van der Waals surface area contributed by atoms with Gasteiger partial charge in [-0.05, 0) is 25.3 Å². The Hall–Kier alpha value is -1.10. The maximum Gasteiger partial charge on any atom is 0.123 e. The normalized spacial score (nSPS) is 22.1. The zero-order valence-electron chi connectivity index (χ0n) is 10.2. The van der Waals surface area contributed by atoms with Crippen LogP contribution in [0.2, 0.25) is 0 Å². The standard InChI is InChI=1S/C13H20N2O2/c1-16-11-7-3-2-6-10(11)13(15-14)12-8-4-5-9-17-12/h2-3,6-7,12-13,15H,4-5,8-9,14H2,1H3. The molecule has 1 aromatic rings. The summed E-state index contributed by atoms with van der Waals surface area (Å²) in [6.45, 7) is 0.817. The maximum absolute atomic E-state index is 5.79. The third kappa shape index (κ3) is 2.77. The highest BCUT2D eigenvalue weighted by molar-refractivity contribution is 5.36. The number of hydrogen-bond acceptors (Lipinski definition) is 4. The van der Waals surface area contributed by atoms with Gasteiger partial charge in [-0.25, -0.2) is 0 Å². The molecule has 2 unspecified atom stereocenters. The van der Waals surface area contributed by atoms with E-state index in [0.29, 0.717) is 0 Å². The van der Waals surface area contributed by atoms with Crippen LogP contribution in [0.15, 0.2) is 24.3 Å². The lowest BCUT2D eigenvalue weighted by Gasteiger charge is -2.31. The summed E-state index contributed by atoms with van der Waals surface area (Å²) in [5, 5.41) is 0. The number of hydrogen-bond donors (Lipinski definition) is 2. The quantitative estimate of drug-likeness (QED) is 0.618. The molecular weight excluding hydrogens is 216 g/mol. The van der Waals surface area contributed by atoms with Crippen molar-refractivity contribution in [2.45, 2.75) is 31.4 Å². The summed E-state index contributed by atoms with van der Waals surface area (Å²) in [6, 6.07) is 7.92. The van der Waals surface area contributed by atoms with Crippen LogP contribution in [-0.4, -0.2) is 19.8 Å². The minimum Gasteiger partial charge on any atom is -0.496 e. The van der Waals surface area contributed by atoms with Gasteiger partial charge in [-0.2, -0.15) is 0 Å². The van der Waals surface area contributed by atoms with Crippen LogP contribution in [0.3, 0.4) is 0 Å². The maximum atomic E-state index is 5.79. The van der Waals surface area contributed by atoms with Crippen LogP contribution >= 0.6 is 0 Å². The van der Waals surface area contributed by atoms with E-state index in [0.717, 1.165) is 30.8 Å². The fourth-order valence-electron chi connectivity index (χ4n) is 2.35. The Morgan fingerprint density at radius 2 is 2.24 bits per heavy atom. The fraction of sp³-hybridized carbons (Fsp3) is 0.538. The van der Waals surface area contributed by atoms with Gasteiger partial charge in [0.15, 0.2) is 0 Å². The lowest BCUT2D eigenvalue weighted by Crippen LogP contribution is -2.39. The van der Waals surface area contributed by atoms with E-state index >= 15 is 0 Å². The van der Waals surface area contributed by atoms with Crippen LogP contribution in [0.1, 0.15) is 30.9 Å². The summed E-state index contributed by atoms with van der Waals surface area (Å²) in [7, 11) is 1.67. The highest BCUT2D eigenvalue weighted by Gasteiger charge is 2.27. The number of benzene rings is 1. The van der Waals surface area contributed by atoms with E-state index in [1.807, 2.05) is 24.3 Å². The molecule has 2 atom stereocenters. The molecule has 1 heterocycles. The van der Waals surface area contributed by atoms with Gasteiger partial charge in [0.25, 0.3) is 0 Å². The molecule has 17 heavy (non-hydrogen) atoms. The SMILES string of the molecule is COc1ccccc1C(NN)C1CCCCO1. The summed E-state index contributed by atoms with van der Waals surface area (Å²) >= 11 is 0. The predicted octanol–water partition coefficient (Wildman–Crippen LogP) is 1.77. The summed E-state index contributed by atoms with van der Waals surface area (Å²) < 4.78 is 11.2. The second kappa shape index (κ2) is 6.00. The van der Waals surface area contributed by atoms with Gasteiger partial charge in [-0.15, -0.1) is 0 Å². The van der Waals surface area contributed by atoms with Crippen molar-refractivity contribution in [2.75, 3.05) is 13.7 Å². The molecule has 94 valence electrons. The zero-order chi connectivity index (χ0) is 12.1. The third-order valence-electron chi connectivity index (χ3n) is 3.24. The van der Waals surface area contributed by atoms with Gasteiger partial charge in [-0.3, -0.25) is 11.3 Å². The second-order valence-corrected chi connectivity index (χ2v) is 4.29. The summed E-state index contributed by atoms with van der Waals surface area (Å²) in [4.78, 5) is 0. The molecule has 3 N–H and O–H groups in total. The smallest absolute Gasteiger partial charge is 0.123 e. The molecular formula is C13H20N2O2. The number of nitrogens with two attached hydrogens (primary N) is 1. The van der Waals surface area contributed by atoms with Crippen LogP contribution in [0, 0.1) is 0 Å². The zero-order valence-corrected chi connectivity index (χ0v) is 10.2. The van der Waals surface area contributed by atoms with Crippen molar-refractivity contribution in [2.24, 2.45) is 5.84 Å². The molecule has 0 amide bonds. The highest BCUT2D eigenvalue weighted by Crippen LogP contribution is 2.31. The van der Waals surface area contributed by atoms with Crippen LogP contribution in [0.25, 0.3) is 0 Å². The van der Waals surface area contributed by atoms with Gasteiger partial charge in [-0.1, -0.05) is 18.2 Å². The Balaban J connectivity index is 2.21. The van der Waals surface area contributed by atoms with Gasteiger partial charge in [0.2, 0.25) is 0 Å². The van der Waals surface area contributed by atoms with E-state index in [4.69, 9.17) is 15.3 Å². The van der Waals surface area contributed by atoms with Gasteiger partial charge in [0.1, 0.15) is 5.75 Å². The minimum atomic E-state index is -0.00792. The van der Waals surface area contributed by atoms with Crippen LogP contribution in [0.5, 0.6) is 5.75 Å². The van der Waals surface area contributed by atoms with Gasteiger partial charge >= 0.3 is 0 Å². The van der Waals surface area contributed by atoms with Crippen molar-refractivity contribution < 1.29 is 9.47 Å². The van der Waals surface area contributed by atoms with Crippen molar-refractivity contribution in [1.29, 1.82) is 0 Å². The van der Waals surface area contributed by atoms with E-state index < -0.39 is 0 Å². The van der Waals surface area contributed by atoms with E-state index in [1.165, 1.54) is 6.42 Å². The lowest BCUT2D eigenvalue weighted by molar-refractivity contribution is -0.00865. The predicted molar refractivity (Wildman–Crippen MR) is 66.6 cm³/mol. The minimum absolute atomic E-state index is 0.00792. The summed E-state index contributed by atoms with van der Waals surface area (Å²) in [5.74, 6) is 6.53. The van der Waals surface area contributed by atoms with Crippen molar-refractivity contribution in [3.05, 3.63) is 29.8 Å². The first-order valence-corrected chi connectivity index (χ1v) is 6.07. The lowest BCUT2D eigenvalue weighted by atomic mass is 9.95. The molecule has 0 spiro atoms. The molecule has 0 aliphatic carbocycles. The molecule has 0 saturated carbocycles. The molecule has 0 bridgehead atoms. The van der Waals surface area contributed by atoms with Crippen molar-refractivity contribution in [1.82, 2.24) is 5.43 Å². The Kier molecular flexibility index (Phi) is 4.36. The molecule has 1 aliphatic heterocycles. The van der Waals surface area contributed by atoms with E-state index in [9.17, 15) is 0 Å². The Morgan fingerprint density at radius 3 is 2.88 bits per heavy atom. The number of methoxy groups -OCH3 is 1. The Morgan fingerprint density at radius 1 is 1.41 bits per heavy atom. The molecule has 4 nitrogen and oxygen atoms in total. The largest absolute Gasteiger partial charge is 0.496 e. The molecule has 1 aliphatic rings. The number of hydrazine groups is 1. The fourth-order valence-corrected chi connectivity index (χ4v) is 2.35. The third-order valence-corrected chi connectivity index (χ3v) is 3.24. The summed E-state index contributed by atoms with van der Waals surface area (Å²) in [5.41, 5.74) is 3.92. The number of rotatable bonds is 4. The average Bonchev–Trinajstić information content (AvgIpc) is 2.41. The van der Waals surface area contributed by atoms with Crippen LogP contribution in [0.4, 0.5) is 0 Å². The van der Waals surface area contributed by atoms with Gasteiger partial charge in [0, 0.05) is 12.2 Å². The van der Waals surface area contributed by atoms with E-state index in [1.54, 1.807) is 7.11 Å². The van der Waals surface area contributed by atoms with Gasteiger partial charge in [0.05, 0.1) is 19.3 Å². The number of ether oxygens (including phenoxy) is 2. The first-order chi connectivity index (χ1) is 8.36. The number of para-hydroxylation sites is 1. The van der Waals surface area contributed by atoms with Crippen molar-refractivity contribution in [3.8, 4) is 5.75 Å². The molecule has 1 fully saturated rings. The van der Waals surface area contributed by atoms with Crippen LogP contribution in [-0.2, 0) is 4.74 Å². The van der Waals surface area contributed by atoms with Crippen molar-refractivity contribution in [3.63, 3.8) is 0 Å². The van der Waals surface area contributed by atoms with E-state index in [-0.39, 0.29) is 12.1 Å². The molecule has 1 aromatic carbocycles. The molecule has 1 saturated heterocycles. The monoisotopic (exact) mass is 236 g/mol. The van der Waals surface area contributed by atoms with Crippen LogP contribution < -0.4 is 16.0 Å². The first kappa shape index (κ1) is 12.4. The molecule has 0 aromatic heterocycles. The van der Waals surface area contributed by atoms with Gasteiger partial charge < -0.3 is 9.47 Å². The molecule has 4 heteroatoms. The second-order valence-electron chi connectivity index (χ2n) is 4.29. The number of nitrogens with one attached hydrogen (secondary N) is 1. The summed E-state index contributed by atoms with van der Waals surface area (Å²) in [6.07, 6.45) is 3.50. The average molecular weight is 236 g/mol. The topological polar surface area (TPSA) is 56.5 Å². The van der Waals surface area contributed by atoms with E-state index in [2.05, 4.69) is 5.43 Å². The first-order valence-electron chi connectivity index (χ1n) is 6.07. The Labute approximate surface area is 102 Å². The molecule has 0 radical (unpaired) electrons.